The summed E-state index contributed by atoms with van der Waals surface area (Å²) in [5.74, 6) is -1.54. The molecule has 0 radical (unpaired) electrons. The van der Waals surface area contributed by atoms with Gasteiger partial charge in [0.25, 0.3) is 0 Å². The number of sulfone groups is 1. The van der Waals surface area contributed by atoms with E-state index >= 15 is 0 Å². The van der Waals surface area contributed by atoms with Crippen LogP contribution in [0.25, 0.3) is 0 Å². The highest BCUT2D eigenvalue weighted by Gasteiger charge is 2.50. The molecular weight excluding hydrogens is 432 g/mol. The Morgan fingerprint density at radius 1 is 1.11 bits per heavy atom. The molecule has 1 saturated carbocycles. The van der Waals surface area contributed by atoms with Gasteiger partial charge >= 0.3 is 0 Å². The molecule has 0 bridgehead atoms. The van der Waals surface area contributed by atoms with Crippen LogP contribution in [0.4, 0.5) is 8.78 Å². The smallest absolute Gasteiger partial charge is 0.231 e. The van der Waals surface area contributed by atoms with Gasteiger partial charge in [-0.25, -0.2) is 26.5 Å². The zero-order valence-electron chi connectivity index (χ0n) is 14.6. The molecule has 0 heterocycles. The van der Waals surface area contributed by atoms with Crippen LogP contribution in [0.1, 0.15) is 31.2 Å². The first kappa shape index (κ1) is 21.3. The lowest BCUT2D eigenvalue weighted by Crippen LogP contribution is -2.42. The summed E-state index contributed by atoms with van der Waals surface area (Å²) in [4.78, 5) is -0.0395. The van der Waals surface area contributed by atoms with Crippen LogP contribution in [-0.2, 0) is 30.0 Å². The third kappa shape index (κ3) is 3.99. The van der Waals surface area contributed by atoms with Crippen LogP contribution in [0.2, 0.25) is 5.02 Å². The van der Waals surface area contributed by atoms with Gasteiger partial charge in [-0.3, -0.25) is 4.18 Å². The van der Waals surface area contributed by atoms with E-state index in [-0.39, 0.29) is 36.1 Å². The Hall–Kier alpha value is -1.39. The average molecular weight is 450 g/mol. The van der Waals surface area contributed by atoms with E-state index in [0.29, 0.717) is 5.02 Å². The molecule has 0 amide bonds. The second-order valence-electron chi connectivity index (χ2n) is 6.63. The van der Waals surface area contributed by atoms with Crippen molar-refractivity contribution in [3.8, 4) is 0 Å². The highest BCUT2D eigenvalue weighted by atomic mass is 35.5. The molecule has 2 N–H and O–H groups in total. The predicted octanol–water partition coefficient (Wildman–Crippen LogP) is 3.78. The first-order chi connectivity index (χ1) is 13.2. The molecule has 1 unspecified atom stereocenters. The summed E-state index contributed by atoms with van der Waals surface area (Å²) >= 11 is 3.85. The van der Waals surface area contributed by atoms with E-state index in [2.05, 4.69) is 0 Å². The second-order valence-corrected chi connectivity index (χ2v) is 10.0. The lowest BCUT2D eigenvalue weighted by molar-refractivity contribution is 0.153. The van der Waals surface area contributed by atoms with Crippen LogP contribution in [0.3, 0.4) is 0 Å². The van der Waals surface area contributed by atoms with Crippen LogP contribution >= 0.6 is 11.6 Å². The number of benzene rings is 2. The molecule has 2 aromatic carbocycles. The first-order valence-corrected chi connectivity index (χ1v) is 11.4. The maximum absolute atomic E-state index is 14.7. The zero-order chi connectivity index (χ0) is 20.5. The fraction of sp³-hybridized carbons (Fsp3) is 0.333. The molecule has 0 aromatic heterocycles. The normalized spacial score (nSPS) is 24.1. The van der Waals surface area contributed by atoms with Crippen molar-refractivity contribution in [2.75, 3.05) is 0 Å². The lowest BCUT2D eigenvalue weighted by atomic mass is 9.81. The Balaban J connectivity index is 2.12. The van der Waals surface area contributed by atoms with Crippen molar-refractivity contribution < 1.29 is 25.6 Å². The second kappa shape index (κ2) is 8.16. The number of rotatable bonds is 5. The van der Waals surface area contributed by atoms with Gasteiger partial charge in [-0.1, -0.05) is 11.6 Å². The van der Waals surface area contributed by atoms with E-state index in [0.717, 1.165) is 18.2 Å². The van der Waals surface area contributed by atoms with Gasteiger partial charge in [0, 0.05) is 10.6 Å². The predicted molar refractivity (Wildman–Crippen MR) is 102 cm³/mol. The van der Waals surface area contributed by atoms with Crippen molar-refractivity contribution in [1.82, 2.24) is 0 Å². The summed E-state index contributed by atoms with van der Waals surface area (Å²) in [7, 11) is -4.11. The highest BCUT2D eigenvalue weighted by molar-refractivity contribution is 7.92. The van der Waals surface area contributed by atoms with Crippen molar-refractivity contribution in [3.05, 3.63) is 64.7 Å². The van der Waals surface area contributed by atoms with E-state index in [1.807, 2.05) is 0 Å². The molecule has 0 saturated heterocycles. The third-order valence-corrected chi connectivity index (χ3v) is 8.29. The Bertz CT molecular complexity index is 991. The van der Waals surface area contributed by atoms with E-state index in [9.17, 15) is 21.4 Å². The zero-order valence-corrected chi connectivity index (χ0v) is 17.0. The van der Waals surface area contributed by atoms with Crippen LogP contribution in [0.5, 0.6) is 0 Å². The number of nitrogens with two attached hydrogens (primary N) is 1. The molecule has 2 aromatic rings. The Morgan fingerprint density at radius 2 is 1.71 bits per heavy atom. The number of hydrogen-bond acceptors (Lipinski definition) is 4. The Labute approximate surface area is 169 Å². The quantitative estimate of drug-likeness (QED) is 0.752. The highest BCUT2D eigenvalue weighted by Crippen LogP contribution is 2.48. The molecule has 1 aliphatic carbocycles. The minimum atomic E-state index is -4.11. The molecule has 28 heavy (non-hydrogen) atoms. The van der Waals surface area contributed by atoms with Crippen molar-refractivity contribution >= 4 is 32.7 Å². The summed E-state index contributed by atoms with van der Waals surface area (Å²) in [6, 6.07) is 8.31. The van der Waals surface area contributed by atoms with Gasteiger partial charge in [0.2, 0.25) is 11.3 Å². The molecule has 1 aliphatic rings. The third-order valence-electron chi connectivity index (χ3n) is 5.03. The number of halogens is 3. The molecule has 1 atom stereocenters. The van der Waals surface area contributed by atoms with E-state index in [1.54, 1.807) is 0 Å². The molecule has 0 aliphatic heterocycles. The summed E-state index contributed by atoms with van der Waals surface area (Å²) in [6.45, 7) is 0. The van der Waals surface area contributed by atoms with Gasteiger partial charge < -0.3 is 0 Å². The molecule has 5 nitrogen and oxygen atoms in total. The van der Waals surface area contributed by atoms with Crippen molar-refractivity contribution in [1.29, 1.82) is 0 Å². The van der Waals surface area contributed by atoms with Gasteiger partial charge in [0.1, 0.15) is 16.4 Å². The fourth-order valence-electron chi connectivity index (χ4n) is 3.66. The van der Waals surface area contributed by atoms with Gasteiger partial charge in [0.15, 0.2) is 9.84 Å². The summed E-state index contributed by atoms with van der Waals surface area (Å²) in [6.07, 6.45) is -0.270. The molecule has 1 fully saturated rings. The van der Waals surface area contributed by atoms with Gasteiger partial charge in [-0.05, 0) is 68.1 Å². The lowest BCUT2D eigenvalue weighted by Gasteiger charge is -2.39. The minimum Gasteiger partial charge on any atom is -0.275 e. The van der Waals surface area contributed by atoms with Crippen LogP contribution in [0, 0.1) is 11.6 Å². The Kier molecular flexibility index (Phi) is 6.21. The molecule has 152 valence electrons. The van der Waals surface area contributed by atoms with Crippen molar-refractivity contribution in [2.24, 2.45) is 5.14 Å². The van der Waals surface area contributed by atoms with E-state index < -0.39 is 43.6 Å². The molecule has 0 spiro atoms. The Morgan fingerprint density at radius 3 is 2.29 bits per heavy atom. The molecule has 10 heteroatoms. The molecular formula is C18H18ClF2NO4S2. The maximum atomic E-state index is 14.7. The van der Waals surface area contributed by atoms with Gasteiger partial charge in [-0.15, -0.1) is 0 Å². The van der Waals surface area contributed by atoms with Crippen LogP contribution < -0.4 is 5.14 Å². The van der Waals surface area contributed by atoms with Crippen molar-refractivity contribution in [2.45, 2.75) is 41.4 Å². The SMILES string of the molecule is NS(=O)OC1CCC(c2cc(F)ccc2F)(S(=O)(=O)c2ccc(Cl)cc2)CC1. The summed E-state index contributed by atoms with van der Waals surface area (Å²) < 4.78 is 70.2. The topological polar surface area (TPSA) is 86.5 Å². The van der Waals surface area contributed by atoms with Crippen LogP contribution in [0.15, 0.2) is 47.4 Å². The monoisotopic (exact) mass is 449 g/mol. The van der Waals surface area contributed by atoms with E-state index in [1.165, 1.54) is 24.3 Å². The summed E-state index contributed by atoms with van der Waals surface area (Å²) in [5.41, 5.74) is -0.227. The van der Waals surface area contributed by atoms with Crippen molar-refractivity contribution in [3.63, 3.8) is 0 Å². The summed E-state index contributed by atoms with van der Waals surface area (Å²) in [5, 5.41) is 5.50. The van der Waals surface area contributed by atoms with E-state index in [4.69, 9.17) is 20.9 Å². The maximum Gasteiger partial charge on any atom is 0.231 e. The average Bonchev–Trinajstić information content (AvgIpc) is 2.64. The van der Waals surface area contributed by atoms with Gasteiger partial charge in [0.05, 0.1) is 11.0 Å². The standard InChI is InChI=1S/C18H18ClF2NO4S2/c19-12-1-4-15(5-2-12)28(24,25)18(16-11-13(20)3-6-17(16)21)9-7-14(8-10-18)26-27(22)23/h1-6,11,14H,7-10,22H2. The van der Waals surface area contributed by atoms with Gasteiger partial charge in [-0.2, -0.15) is 0 Å². The fourth-order valence-corrected chi connectivity index (χ4v) is 6.41. The largest absolute Gasteiger partial charge is 0.275 e. The van der Waals surface area contributed by atoms with Crippen LogP contribution in [-0.4, -0.2) is 18.7 Å². The minimum absolute atomic E-state index is 0.0395. The number of hydrogen-bond donors (Lipinski definition) is 1. The molecule has 3 rings (SSSR count). The first-order valence-electron chi connectivity index (χ1n) is 8.45.